The molecule has 0 bridgehead atoms. The minimum Gasteiger partial charge on any atom is -0.377 e. The van der Waals surface area contributed by atoms with Gasteiger partial charge in [-0.3, -0.25) is 0 Å². The van der Waals surface area contributed by atoms with E-state index in [-0.39, 0.29) is 0 Å². The third-order valence-electron chi connectivity index (χ3n) is 4.03. The standard InChI is InChI=1S/C17H20ClNOS/c18-10-16-12-21-17(19-16)15-6-2-5-14(9-15)11-20-8-7-13-3-1-4-13/h2,5-6,9,12-13H,1,3-4,7-8,10-11H2. The van der Waals surface area contributed by atoms with Crippen LogP contribution in [0.2, 0.25) is 0 Å². The topological polar surface area (TPSA) is 22.1 Å². The van der Waals surface area contributed by atoms with Gasteiger partial charge in [-0.25, -0.2) is 4.98 Å². The molecule has 1 aromatic heterocycles. The van der Waals surface area contributed by atoms with Gasteiger partial charge in [-0.05, 0) is 24.0 Å². The lowest BCUT2D eigenvalue weighted by molar-refractivity contribution is 0.0950. The molecule has 2 aromatic rings. The van der Waals surface area contributed by atoms with Crippen LogP contribution in [0.3, 0.4) is 0 Å². The summed E-state index contributed by atoms with van der Waals surface area (Å²) in [7, 11) is 0. The van der Waals surface area contributed by atoms with Crippen LogP contribution < -0.4 is 0 Å². The van der Waals surface area contributed by atoms with Gasteiger partial charge in [0.15, 0.2) is 0 Å². The lowest BCUT2D eigenvalue weighted by Crippen LogP contribution is -2.13. The normalized spacial score (nSPS) is 15.1. The summed E-state index contributed by atoms with van der Waals surface area (Å²) in [5.74, 6) is 1.39. The number of benzene rings is 1. The van der Waals surface area contributed by atoms with Crippen molar-refractivity contribution in [2.24, 2.45) is 5.92 Å². The van der Waals surface area contributed by atoms with Gasteiger partial charge < -0.3 is 4.74 Å². The van der Waals surface area contributed by atoms with E-state index in [2.05, 4.69) is 29.2 Å². The number of aromatic nitrogens is 1. The second kappa shape index (κ2) is 7.39. The average molecular weight is 322 g/mol. The summed E-state index contributed by atoms with van der Waals surface area (Å²) in [6.07, 6.45) is 5.41. The van der Waals surface area contributed by atoms with Crippen LogP contribution in [0, 0.1) is 5.92 Å². The first kappa shape index (κ1) is 15.0. The zero-order valence-corrected chi connectivity index (χ0v) is 13.6. The van der Waals surface area contributed by atoms with Crippen molar-refractivity contribution in [3.8, 4) is 10.6 Å². The second-order valence-corrected chi connectivity index (χ2v) is 6.74. The summed E-state index contributed by atoms with van der Waals surface area (Å²) in [5, 5.41) is 3.05. The molecule has 0 radical (unpaired) electrons. The molecule has 1 saturated carbocycles. The van der Waals surface area contributed by atoms with Crippen LogP contribution in [0.4, 0.5) is 0 Å². The molecule has 0 unspecified atom stereocenters. The molecular weight excluding hydrogens is 302 g/mol. The molecule has 0 spiro atoms. The first-order chi connectivity index (χ1) is 10.3. The molecule has 3 rings (SSSR count). The van der Waals surface area contributed by atoms with E-state index in [4.69, 9.17) is 16.3 Å². The Bertz CT molecular complexity index is 580. The second-order valence-electron chi connectivity index (χ2n) is 5.62. The first-order valence-electron chi connectivity index (χ1n) is 7.52. The van der Waals surface area contributed by atoms with Crippen LogP contribution in [0.1, 0.15) is 36.9 Å². The molecule has 4 heteroatoms. The highest BCUT2D eigenvalue weighted by Crippen LogP contribution is 2.29. The van der Waals surface area contributed by atoms with Crippen LogP contribution in [0.25, 0.3) is 10.6 Å². The number of alkyl halides is 1. The quantitative estimate of drug-likeness (QED) is 0.513. The Hall–Kier alpha value is -0.900. The number of rotatable bonds is 7. The van der Waals surface area contributed by atoms with E-state index in [1.165, 1.54) is 31.2 Å². The predicted molar refractivity (Wildman–Crippen MR) is 88.7 cm³/mol. The highest BCUT2D eigenvalue weighted by Gasteiger charge is 2.16. The van der Waals surface area contributed by atoms with E-state index in [1.54, 1.807) is 11.3 Å². The van der Waals surface area contributed by atoms with Crippen molar-refractivity contribution < 1.29 is 4.74 Å². The van der Waals surface area contributed by atoms with Gasteiger partial charge in [-0.2, -0.15) is 0 Å². The van der Waals surface area contributed by atoms with Crippen molar-refractivity contribution in [3.05, 3.63) is 40.9 Å². The maximum Gasteiger partial charge on any atom is 0.123 e. The molecule has 0 aliphatic heterocycles. The summed E-state index contributed by atoms with van der Waals surface area (Å²) in [4.78, 5) is 4.52. The van der Waals surface area contributed by atoms with Gasteiger partial charge >= 0.3 is 0 Å². The Kier molecular flexibility index (Phi) is 5.28. The lowest BCUT2D eigenvalue weighted by Gasteiger charge is -2.24. The van der Waals surface area contributed by atoms with Gasteiger partial charge in [0, 0.05) is 17.6 Å². The Labute approximate surface area is 135 Å². The van der Waals surface area contributed by atoms with E-state index in [0.29, 0.717) is 12.5 Å². The molecule has 1 aliphatic carbocycles. The van der Waals surface area contributed by atoms with E-state index in [0.717, 1.165) is 28.8 Å². The van der Waals surface area contributed by atoms with Crippen LogP contribution in [-0.2, 0) is 17.2 Å². The van der Waals surface area contributed by atoms with Gasteiger partial charge in [0.25, 0.3) is 0 Å². The maximum absolute atomic E-state index is 5.81. The Morgan fingerprint density at radius 3 is 2.95 bits per heavy atom. The number of hydrogen-bond acceptors (Lipinski definition) is 3. The van der Waals surface area contributed by atoms with Crippen molar-refractivity contribution in [1.29, 1.82) is 0 Å². The molecule has 1 aliphatic rings. The molecule has 0 atom stereocenters. The Balaban J connectivity index is 1.54. The first-order valence-corrected chi connectivity index (χ1v) is 8.94. The molecule has 1 fully saturated rings. The summed E-state index contributed by atoms with van der Waals surface area (Å²) in [6, 6.07) is 8.44. The SMILES string of the molecule is ClCc1csc(-c2cccc(COCCC3CCC3)c2)n1. The molecule has 1 aromatic carbocycles. The maximum atomic E-state index is 5.81. The van der Waals surface area contributed by atoms with Gasteiger partial charge in [0.1, 0.15) is 5.01 Å². The molecular formula is C17H20ClNOS. The highest BCUT2D eigenvalue weighted by molar-refractivity contribution is 7.13. The number of ether oxygens (including phenoxy) is 1. The number of halogens is 1. The summed E-state index contributed by atoms with van der Waals surface area (Å²) < 4.78 is 5.81. The largest absolute Gasteiger partial charge is 0.377 e. The zero-order chi connectivity index (χ0) is 14.5. The van der Waals surface area contributed by atoms with Crippen molar-refractivity contribution in [3.63, 3.8) is 0 Å². The fourth-order valence-corrected chi connectivity index (χ4v) is 3.56. The van der Waals surface area contributed by atoms with Gasteiger partial charge in [0.05, 0.1) is 18.2 Å². The molecule has 21 heavy (non-hydrogen) atoms. The molecule has 1 heterocycles. The van der Waals surface area contributed by atoms with Crippen LogP contribution in [0.5, 0.6) is 0 Å². The van der Waals surface area contributed by atoms with Crippen molar-refractivity contribution in [2.75, 3.05) is 6.61 Å². The van der Waals surface area contributed by atoms with Crippen LogP contribution in [-0.4, -0.2) is 11.6 Å². The molecule has 112 valence electrons. The monoisotopic (exact) mass is 321 g/mol. The average Bonchev–Trinajstić information content (AvgIpc) is 2.94. The fraction of sp³-hybridized carbons (Fsp3) is 0.471. The van der Waals surface area contributed by atoms with Crippen molar-refractivity contribution >= 4 is 22.9 Å². The number of hydrogen-bond donors (Lipinski definition) is 0. The third-order valence-corrected chi connectivity index (χ3v) is 5.24. The van der Waals surface area contributed by atoms with Crippen LogP contribution >= 0.6 is 22.9 Å². The molecule has 2 nitrogen and oxygen atoms in total. The fourth-order valence-electron chi connectivity index (χ4n) is 2.52. The van der Waals surface area contributed by atoms with E-state index in [1.807, 2.05) is 5.38 Å². The minimum atomic E-state index is 0.473. The van der Waals surface area contributed by atoms with E-state index < -0.39 is 0 Å². The van der Waals surface area contributed by atoms with Crippen molar-refractivity contribution in [2.45, 2.75) is 38.2 Å². The lowest BCUT2D eigenvalue weighted by atomic mass is 9.83. The summed E-state index contributed by atoms with van der Waals surface area (Å²) in [5.41, 5.74) is 3.30. The van der Waals surface area contributed by atoms with E-state index >= 15 is 0 Å². The summed E-state index contributed by atoms with van der Waals surface area (Å²) in [6.45, 7) is 1.57. The van der Waals surface area contributed by atoms with Crippen LogP contribution in [0.15, 0.2) is 29.6 Å². The van der Waals surface area contributed by atoms with E-state index in [9.17, 15) is 0 Å². The summed E-state index contributed by atoms with van der Waals surface area (Å²) >= 11 is 7.45. The molecule has 0 N–H and O–H groups in total. The smallest absolute Gasteiger partial charge is 0.123 e. The van der Waals surface area contributed by atoms with Crippen molar-refractivity contribution in [1.82, 2.24) is 4.98 Å². The van der Waals surface area contributed by atoms with Gasteiger partial charge in [-0.15, -0.1) is 22.9 Å². The highest BCUT2D eigenvalue weighted by atomic mass is 35.5. The number of thiazole rings is 1. The minimum absolute atomic E-state index is 0.473. The molecule has 0 amide bonds. The zero-order valence-electron chi connectivity index (χ0n) is 12.1. The third kappa shape index (κ3) is 4.06. The van der Waals surface area contributed by atoms with Gasteiger partial charge in [0.2, 0.25) is 0 Å². The number of nitrogens with zero attached hydrogens (tertiary/aromatic N) is 1. The van der Waals surface area contributed by atoms with Gasteiger partial charge in [-0.1, -0.05) is 37.5 Å². The predicted octanol–water partition coefficient (Wildman–Crippen LogP) is 5.26. The Morgan fingerprint density at radius 2 is 2.24 bits per heavy atom. The molecule has 0 saturated heterocycles. The Morgan fingerprint density at radius 1 is 1.33 bits per heavy atom.